The third-order valence-corrected chi connectivity index (χ3v) is 4.67. The first-order valence-electron chi connectivity index (χ1n) is 9.19. The summed E-state index contributed by atoms with van der Waals surface area (Å²) in [6, 6.07) is 11.9. The number of fused-ring (bicyclic) bond motifs is 1. The summed E-state index contributed by atoms with van der Waals surface area (Å²) in [5.41, 5.74) is 11.4. The van der Waals surface area contributed by atoms with Gasteiger partial charge in [-0.3, -0.25) is 4.79 Å². The van der Waals surface area contributed by atoms with Gasteiger partial charge in [-0.05, 0) is 60.6 Å². The summed E-state index contributed by atoms with van der Waals surface area (Å²) < 4.78 is 5.27. The van der Waals surface area contributed by atoms with E-state index in [4.69, 9.17) is 10.5 Å². The molecule has 6 nitrogen and oxygen atoms in total. The second-order valence-electron chi connectivity index (χ2n) is 6.69. The van der Waals surface area contributed by atoms with Gasteiger partial charge in [0.1, 0.15) is 5.75 Å². The van der Waals surface area contributed by atoms with E-state index in [1.165, 1.54) is 30.9 Å². The third-order valence-electron chi connectivity index (χ3n) is 4.67. The van der Waals surface area contributed by atoms with Crippen LogP contribution in [0.25, 0.3) is 0 Å². The summed E-state index contributed by atoms with van der Waals surface area (Å²) >= 11 is 0. The van der Waals surface area contributed by atoms with Crippen molar-refractivity contribution < 1.29 is 9.53 Å². The van der Waals surface area contributed by atoms with Gasteiger partial charge in [0.15, 0.2) is 5.96 Å². The number of amides is 1. The van der Waals surface area contributed by atoms with Crippen LogP contribution in [0.1, 0.15) is 36.5 Å². The number of hydrogen-bond donors (Lipinski definition) is 3. The lowest BCUT2D eigenvalue weighted by Crippen LogP contribution is -2.24. The number of halogens is 1. The number of carbonyl (C=O) groups is 1. The van der Waals surface area contributed by atoms with Crippen LogP contribution in [0.15, 0.2) is 41.4 Å². The highest BCUT2D eigenvalue weighted by Crippen LogP contribution is 2.28. The number of nitrogens with two attached hydrogens (primary N) is 1. The van der Waals surface area contributed by atoms with Gasteiger partial charge in [-0.25, -0.2) is 4.99 Å². The van der Waals surface area contributed by atoms with Crippen molar-refractivity contribution in [3.05, 3.63) is 53.1 Å². The smallest absolute Gasteiger partial charge is 0.221 e. The maximum Gasteiger partial charge on any atom is 0.221 e. The topological polar surface area (TPSA) is 88.7 Å². The summed E-state index contributed by atoms with van der Waals surface area (Å²) in [6.45, 7) is 1.87. The van der Waals surface area contributed by atoms with Crippen molar-refractivity contribution in [3.8, 4) is 5.75 Å². The van der Waals surface area contributed by atoms with Gasteiger partial charge in [0.25, 0.3) is 0 Å². The number of methoxy groups -OCH3 is 1. The first-order chi connectivity index (χ1) is 13.1. The zero-order chi connectivity index (χ0) is 19.2. The molecular formula is C21H27IN4O2. The normalized spacial score (nSPS) is 13.1. The van der Waals surface area contributed by atoms with Crippen LogP contribution in [0.3, 0.4) is 0 Å². The van der Waals surface area contributed by atoms with Gasteiger partial charge in [-0.2, -0.15) is 0 Å². The molecule has 0 fully saturated rings. The predicted octanol–water partition coefficient (Wildman–Crippen LogP) is 4.08. The van der Waals surface area contributed by atoms with E-state index < -0.39 is 0 Å². The third kappa shape index (κ3) is 5.60. The molecule has 2 aromatic rings. The standard InChI is InChI=1S/C21H26N4O2.HI/c1-14(26)24-19-12-15(10-11-20(19)27-2)13-23-21(22)25-18-9-5-7-16-6-3-4-8-17(16)18;/h5,7,9-12H,3-4,6,8,13H2,1-2H3,(H,24,26)(H3,22,23,25);1H. The highest BCUT2D eigenvalue weighted by molar-refractivity contribution is 14.0. The van der Waals surface area contributed by atoms with Crippen LogP contribution in [0.2, 0.25) is 0 Å². The second-order valence-corrected chi connectivity index (χ2v) is 6.69. The minimum absolute atomic E-state index is 0. The van der Waals surface area contributed by atoms with Crippen LogP contribution >= 0.6 is 24.0 Å². The van der Waals surface area contributed by atoms with Crippen LogP contribution in [0.4, 0.5) is 11.4 Å². The zero-order valence-corrected chi connectivity index (χ0v) is 18.6. The minimum atomic E-state index is -0.149. The molecule has 0 radical (unpaired) electrons. The average molecular weight is 494 g/mol. The van der Waals surface area contributed by atoms with E-state index >= 15 is 0 Å². The molecule has 0 saturated heterocycles. The molecule has 2 aromatic carbocycles. The summed E-state index contributed by atoms with van der Waals surface area (Å²) in [7, 11) is 1.57. The Labute approximate surface area is 183 Å². The fourth-order valence-corrected chi connectivity index (χ4v) is 3.39. The van der Waals surface area contributed by atoms with Gasteiger partial charge < -0.3 is 21.1 Å². The summed E-state index contributed by atoms with van der Waals surface area (Å²) in [5, 5.41) is 6.01. The monoisotopic (exact) mass is 494 g/mol. The quantitative estimate of drug-likeness (QED) is 0.332. The largest absolute Gasteiger partial charge is 0.495 e. The Morgan fingerprint density at radius 2 is 1.93 bits per heavy atom. The van der Waals surface area contributed by atoms with E-state index in [0.717, 1.165) is 24.1 Å². The molecule has 4 N–H and O–H groups in total. The molecular weight excluding hydrogens is 467 g/mol. The molecule has 0 bridgehead atoms. The lowest BCUT2D eigenvalue weighted by molar-refractivity contribution is -0.114. The molecule has 150 valence electrons. The Morgan fingerprint density at radius 3 is 2.68 bits per heavy atom. The zero-order valence-electron chi connectivity index (χ0n) is 16.2. The van der Waals surface area contributed by atoms with E-state index in [2.05, 4.69) is 33.8 Å². The van der Waals surface area contributed by atoms with E-state index in [-0.39, 0.29) is 29.9 Å². The maximum atomic E-state index is 11.4. The van der Waals surface area contributed by atoms with Crippen molar-refractivity contribution in [2.24, 2.45) is 10.7 Å². The van der Waals surface area contributed by atoms with Crippen LogP contribution in [0, 0.1) is 0 Å². The van der Waals surface area contributed by atoms with E-state index in [1.807, 2.05) is 18.2 Å². The van der Waals surface area contributed by atoms with Gasteiger partial charge in [0.2, 0.25) is 5.91 Å². The Bertz CT molecular complexity index is 867. The molecule has 0 heterocycles. The fourth-order valence-electron chi connectivity index (χ4n) is 3.39. The van der Waals surface area contributed by atoms with E-state index in [9.17, 15) is 4.79 Å². The number of anilines is 2. The SMILES string of the molecule is COc1ccc(CN=C(N)Nc2cccc3c2CCCC3)cc1NC(C)=O.I. The number of guanidine groups is 1. The van der Waals surface area contributed by atoms with Crippen LogP contribution in [-0.2, 0) is 24.2 Å². The molecule has 3 rings (SSSR count). The molecule has 7 heteroatoms. The van der Waals surface area contributed by atoms with Gasteiger partial charge in [-0.1, -0.05) is 18.2 Å². The van der Waals surface area contributed by atoms with Gasteiger partial charge in [0.05, 0.1) is 19.3 Å². The minimum Gasteiger partial charge on any atom is -0.495 e. The summed E-state index contributed by atoms with van der Waals surface area (Å²) in [5.74, 6) is 0.842. The van der Waals surface area contributed by atoms with E-state index in [0.29, 0.717) is 23.9 Å². The number of nitrogens with one attached hydrogen (secondary N) is 2. The van der Waals surface area contributed by atoms with Crippen molar-refractivity contribution in [1.82, 2.24) is 0 Å². The molecule has 1 aliphatic rings. The number of aryl methyl sites for hydroxylation is 1. The molecule has 0 aromatic heterocycles. The lowest BCUT2D eigenvalue weighted by atomic mass is 9.90. The van der Waals surface area contributed by atoms with Gasteiger partial charge in [-0.15, -0.1) is 24.0 Å². The van der Waals surface area contributed by atoms with Crippen molar-refractivity contribution >= 4 is 47.2 Å². The molecule has 0 aliphatic heterocycles. The molecule has 1 amide bonds. The van der Waals surface area contributed by atoms with Crippen LogP contribution in [0.5, 0.6) is 5.75 Å². The molecule has 0 saturated carbocycles. The maximum absolute atomic E-state index is 11.4. The fraction of sp³-hybridized carbons (Fsp3) is 0.333. The van der Waals surface area contributed by atoms with Gasteiger partial charge in [0, 0.05) is 12.6 Å². The number of ether oxygens (including phenoxy) is 1. The summed E-state index contributed by atoms with van der Waals surface area (Å²) in [6.07, 6.45) is 4.65. The first kappa shape index (κ1) is 22.0. The molecule has 0 unspecified atom stereocenters. The molecule has 0 spiro atoms. The van der Waals surface area contributed by atoms with Crippen LogP contribution < -0.4 is 21.1 Å². The lowest BCUT2D eigenvalue weighted by Gasteiger charge is -2.19. The number of benzene rings is 2. The van der Waals surface area contributed by atoms with Crippen molar-refractivity contribution in [1.29, 1.82) is 0 Å². The Kier molecular flexibility index (Phi) is 8.10. The van der Waals surface area contributed by atoms with Crippen LogP contribution in [-0.4, -0.2) is 19.0 Å². The van der Waals surface area contributed by atoms with Gasteiger partial charge >= 0.3 is 0 Å². The molecule has 0 atom stereocenters. The number of hydrogen-bond acceptors (Lipinski definition) is 3. The van der Waals surface area contributed by atoms with E-state index in [1.54, 1.807) is 7.11 Å². The highest BCUT2D eigenvalue weighted by atomic mass is 127. The number of rotatable bonds is 5. The van der Waals surface area contributed by atoms with Crippen molar-refractivity contribution in [3.63, 3.8) is 0 Å². The average Bonchev–Trinajstić information content (AvgIpc) is 2.66. The predicted molar refractivity (Wildman–Crippen MR) is 125 cm³/mol. The number of carbonyl (C=O) groups excluding carboxylic acids is 1. The molecule has 1 aliphatic carbocycles. The number of nitrogens with zero attached hydrogens (tertiary/aromatic N) is 1. The van der Waals surface area contributed by atoms with Crippen molar-refractivity contribution in [2.45, 2.75) is 39.2 Å². The Morgan fingerprint density at radius 1 is 1.14 bits per heavy atom. The Hall–Kier alpha value is -2.29. The highest BCUT2D eigenvalue weighted by Gasteiger charge is 2.13. The second kappa shape index (κ2) is 10.3. The first-order valence-corrected chi connectivity index (χ1v) is 9.19. The summed E-state index contributed by atoms with van der Waals surface area (Å²) in [4.78, 5) is 15.8. The molecule has 28 heavy (non-hydrogen) atoms. The van der Waals surface area contributed by atoms with Crippen molar-refractivity contribution in [2.75, 3.05) is 17.7 Å². The number of aliphatic imine (C=N–C) groups is 1. The Balaban J connectivity index is 0.00000280.